The van der Waals surface area contributed by atoms with Crippen LogP contribution < -0.4 is 0 Å². The van der Waals surface area contributed by atoms with Gasteiger partial charge in [0, 0.05) is 54.0 Å². The van der Waals surface area contributed by atoms with E-state index in [0.717, 1.165) is 48.1 Å². The SMILES string of the molecule is CCN1CC(c2cn(-c3ccc(F)cc3)c3ccc(Cl)cc23)N(N2CCCCC2)C1=O. The minimum atomic E-state index is -0.264. The summed E-state index contributed by atoms with van der Waals surface area (Å²) in [5, 5.41) is 5.87. The molecular formula is C24H26ClFN4O. The Morgan fingerprint density at radius 2 is 1.81 bits per heavy atom. The summed E-state index contributed by atoms with van der Waals surface area (Å²) in [6, 6.07) is 12.3. The van der Waals surface area contributed by atoms with Gasteiger partial charge in [-0.05, 0) is 62.2 Å². The van der Waals surface area contributed by atoms with Crippen molar-refractivity contribution < 1.29 is 9.18 Å². The number of carbonyl (C=O) groups excluding carboxylic acids is 1. The number of aromatic nitrogens is 1. The van der Waals surface area contributed by atoms with Gasteiger partial charge in [-0.25, -0.2) is 19.2 Å². The van der Waals surface area contributed by atoms with Crippen LogP contribution in [0.2, 0.25) is 5.02 Å². The van der Waals surface area contributed by atoms with Crippen molar-refractivity contribution in [3.8, 4) is 5.69 Å². The number of halogens is 2. The number of carbonyl (C=O) groups is 1. The second-order valence-corrected chi connectivity index (χ2v) is 8.72. The molecule has 2 aliphatic heterocycles. The third-order valence-electron chi connectivity index (χ3n) is 6.44. The van der Waals surface area contributed by atoms with Crippen LogP contribution in [0.5, 0.6) is 0 Å². The second kappa shape index (κ2) is 8.17. The van der Waals surface area contributed by atoms with Crippen molar-refractivity contribution in [1.29, 1.82) is 0 Å². The van der Waals surface area contributed by atoms with Crippen LogP contribution in [0, 0.1) is 5.82 Å². The zero-order valence-electron chi connectivity index (χ0n) is 17.6. The Morgan fingerprint density at radius 1 is 1.06 bits per heavy atom. The topological polar surface area (TPSA) is 31.7 Å². The van der Waals surface area contributed by atoms with Crippen LogP contribution in [0.25, 0.3) is 16.6 Å². The number of hydrogen-bond acceptors (Lipinski definition) is 2. The highest BCUT2D eigenvalue weighted by atomic mass is 35.5. The molecule has 162 valence electrons. The van der Waals surface area contributed by atoms with Gasteiger partial charge in [0.15, 0.2) is 0 Å². The number of urea groups is 1. The summed E-state index contributed by atoms with van der Waals surface area (Å²) in [4.78, 5) is 15.2. The number of amides is 2. The van der Waals surface area contributed by atoms with E-state index in [9.17, 15) is 9.18 Å². The molecule has 5 nitrogen and oxygen atoms in total. The van der Waals surface area contributed by atoms with Crippen molar-refractivity contribution in [2.45, 2.75) is 32.2 Å². The molecule has 2 fully saturated rings. The van der Waals surface area contributed by atoms with Crippen molar-refractivity contribution in [1.82, 2.24) is 19.5 Å². The maximum atomic E-state index is 13.5. The number of fused-ring (bicyclic) bond motifs is 1. The fourth-order valence-electron chi connectivity index (χ4n) is 4.86. The smallest absolute Gasteiger partial charge is 0.321 e. The number of piperidine rings is 1. The first-order chi connectivity index (χ1) is 15.1. The molecule has 0 saturated carbocycles. The third-order valence-corrected chi connectivity index (χ3v) is 6.67. The van der Waals surface area contributed by atoms with Gasteiger partial charge in [-0.3, -0.25) is 0 Å². The first-order valence-corrected chi connectivity index (χ1v) is 11.3. The Balaban J connectivity index is 1.65. The maximum absolute atomic E-state index is 13.5. The molecule has 31 heavy (non-hydrogen) atoms. The fourth-order valence-corrected chi connectivity index (χ4v) is 5.03. The first-order valence-electron chi connectivity index (χ1n) is 11.0. The summed E-state index contributed by atoms with van der Waals surface area (Å²) in [5.74, 6) is -0.264. The molecule has 3 heterocycles. The van der Waals surface area contributed by atoms with Crippen LogP contribution in [0.4, 0.5) is 9.18 Å². The normalized spacial score (nSPS) is 20.2. The van der Waals surface area contributed by atoms with Gasteiger partial charge >= 0.3 is 6.03 Å². The molecule has 2 aromatic carbocycles. The molecule has 1 atom stereocenters. The molecule has 0 radical (unpaired) electrons. The minimum Gasteiger partial charge on any atom is -0.321 e. The third kappa shape index (κ3) is 3.58. The largest absolute Gasteiger partial charge is 0.335 e. The van der Waals surface area contributed by atoms with Crippen LogP contribution in [0.3, 0.4) is 0 Å². The lowest BCUT2D eigenvalue weighted by Gasteiger charge is -2.37. The summed E-state index contributed by atoms with van der Waals surface area (Å²) in [6.07, 6.45) is 5.50. The molecule has 2 amide bonds. The Morgan fingerprint density at radius 3 is 2.52 bits per heavy atom. The first kappa shape index (κ1) is 20.3. The highest BCUT2D eigenvalue weighted by Crippen LogP contribution is 2.38. The van der Waals surface area contributed by atoms with Gasteiger partial charge in [-0.1, -0.05) is 18.0 Å². The molecule has 2 aliphatic rings. The number of likely N-dealkylation sites (N-methyl/N-ethyl adjacent to an activating group) is 1. The molecule has 0 aliphatic carbocycles. The van der Waals surface area contributed by atoms with E-state index >= 15 is 0 Å². The molecule has 0 N–H and O–H groups in total. The van der Waals surface area contributed by atoms with Gasteiger partial charge in [0.2, 0.25) is 0 Å². The van der Waals surface area contributed by atoms with E-state index in [1.807, 2.05) is 35.0 Å². The summed E-state index contributed by atoms with van der Waals surface area (Å²) < 4.78 is 15.6. The van der Waals surface area contributed by atoms with Gasteiger partial charge in [0.05, 0.1) is 11.6 Å². The van der Waals surface area contributed by atoms with Gasteiger partial charge in [-0.15, -0.1) is 0 Å². The Kier molecular flexibility index (Phi) is 5.36. The predicted octanol–water partition coefficient (Wildman–Crippen LogP) is 5.62. The molecule has 0 bridgehead atoms. The van der Waals surface area contributed by atoms with Crippen molar-refractivity contribution >= 4 is 28.5 Å². The average Bonchev–Trinajstić information content (AvgIpc) is 3.32. The second-order valence-electron chi connectivity index (χ2n) is 8.29. The quantitative estimate of drug-likeness (QED) is 0.527. The minimum absolute atomic E-state index is 0.0686. The van der Waals surface area contributed by atoms with E-state index < -0.39 is 0 Å². The van der Waals surface area contributed by atoms with Gasteiger partial charge < -0.3 is 9.47 Å². The van der Waals surface area contributed by atoms with Crippen LogP contribution in [0.1, 0.15) is 37.8 Å². The molecule has 0 spiro atoms. The summed E-state index contributed by atoms with van der Waals surface area (Å²) in [5.41, 5.74) is 2.94. The van der Waals surface area contributed by atoms with Crippen molar-refractivity contribution in [3.63, 3.8) is 0 Å². The maximum Gasteiger partial charge on any atom is 0.335 e. The lowest BCUT2D eigenvalue weighted by molar-refractivity contribution is -0.0148. The lowest BCUT2D eigenvalue weighted by atomic mass is 10.1. The number of benzene rings is 2. The van der Waals surface area contributed by atoms with Crippen molar-refractivity contribution in [3.05, 3.63) is 65.1 Å². The van der Waals surface area contributed by atoms with E-state index in [1.165, 1.54) is 18.6 Å². The van der Waals surface area contributed by atoms with Crippen molar-refractivity contribution in [2.24, 2.45) is 0 Å². The highest BCUT2D eigenvalue weighted by Gasteiger charge is 2.42. The summed E-state index contributed by atoms with van der Waals surface area (Å²) in [6.45, 7) is 5.14. The standard InChI is InChI=1S/C24H26ClFN4O/c1-2-27-16-23(30(24(27)31)28-12-4-3-5-13-28)21-15-29(19-9-7-18(26)8-10-19)22-11-6-17(25)14-20(21)22/h6-11,14-15,23H,2-5,12-13,16H2,1H3. The molecular weight excluding hydrogens is 415 g/mol. The highest BCUT2D eigenvalue weighted by molar-refractivity contribution is 6.31. The predicted molar refractivity (Wildman–Crippen MR) is 121 cm³/mol. The lowest BCUT2D eigenvalue weighted by Crippen LogP contribution is -2.48. The summed E-state index contributed by atoms with van der Waals surface area (Å²) >= 11 is 6.38. The number of hydrogen-bond donors (Lipinski definition) is 0. The molecule has 3 aromatic rings. The van der Waals surface area contributed by atoms with Gasteiger partial charge in [0.1, 0.15) is 5.82 Å². The van der Waals surface area contributed by atoms with E-state index in [4.69, 9.17) is 11.6 Å². The van der Waals surface area contributed by atoms with Crippen LogP contribution in [-0.4, -0.2) is 51.7 Å². The van der Waals surface area contributed by atoms with Crippen LogP contribution in [-0.2, 0) is 0 Å². The van der Waals surface area contributed by atoms with Crippen LogP contribution in [0.15, 0.2) is 48.7 Å². The Hall–Kier alpha value is -2.57. The van der Waals surface area contributed by atoms with E-state index in [0.29, 0.717) is 18.1 Å². The molecule has 1 aromatic heterocycles. The number of nitrogens with zero attached hydrogens (tertiary/aromatic N) is 4. The monoisotopic (exact) mass is 440 g/mol. The van der Waals surface area contributed by atoms with Crippen molar-refractivity contribution in [2.75, 3.05) is 26.2 Å². The molecule has 2 saturated heterocycles. The van der Waals surface area contributed by atoms with Gasteiger partial charge in [0.25, 0.3) is 0 Å². The van der Waals surface area contributed by atoms with Gasteiger partial charge in [-0.2, -0.15) is 0 Å². The number of hydrazine groups is 1. The van der Waals surface area contributed by atoms with E-state index in [1.54, 1.807) is 12.1 Å². The average molecular weight is 441 g/mol. The van der Waals surface area contributed by atoms with E-state index in [-0.39, 0.29) is 17.9 Å². The van der Waals surface area contributed by atoms with E-state index in [2.05, 4.69) is 15.8 Å². The fraction of sp³-hybridized carbons (Fsp3) is 0.375. The molecule has 5 rings (SSSR count). The molecule has 1 unspecified atom stereocenters. The summed E-state index contributed by atoms with van der Waals surface area (Å²) in [7, 11) is 0. The van der Waals surface area contributed by atoms with Crippen LogP contribution >= 0.6 is 11.6 Å². The Bertz CT molecular complexity index is 1110. The Labute approximate surface area is 186 Å². The number of rotatable bonds is 4. The molecule has 7 heteroatoms. The zero-order valence-corrected chi connectivity index (χ0v) is 18.4. The zero-order chi connectivity index (χ0) is 21.5.